The summed E-state index contributed by atoms with van der Waals surface area (Å²) in [4.78, 5) is 48.2. The van der Waals surface area contributed by atoms with E-state index in [4.69, 9.17) is 24.5 Å². The van der Waals surface area contributed by atoms with Gasteiger partial charge in [-0.3, -0.25) is 24.0 Å². The normalized spacial score (nSPS) is 28.0. The van der Waals surface area contributed by atoms with Crippen LogP contribution in [-0.4, -0.2) is 103 Å². The number of nitrogen functional groups attached to an aromatic ring is 1. The Morgan fingerprint density at radius 3 is 2.69 bits per heavy atom. The molecule has 2 aromatic rings. The van der Waals surface area contributed by atoms with Crippen molar-refractivity contribution in [2.45, 2.75) is 69.9 Å². The largest absolute Gasteiger partial charge is 0.479 e. The second-order valence-corrected chi connectivity index (χ2v) is 14.4. The minimum absolute atomic E-state index is 0.0932. The summed E-state index contributed by atoms with van der Waals surface area (Å²) in [6, 6.07) is -2.80. The van der Waals surface area contributed by atoms with Crippen molar-refractivity contribution in [2.24, 2.45) is 0 Å². The molecule has 2 fully saturated rings. The fourth-order valence-corrected chi connectivity index (χ4v) is 8.12. The Bertz CT molecular complexity index is 1410. The fourth-order valence-electron chi connectivity index (χ4n) is 4.25. The Balaban J connectivity index is 1.53. The summed E-state index contributed by atoms with van der Waals surface area (Å²) in [6.07, 6.45) is -3.16. The van der Waals surface area contributed by atoms with Crippen LogP contribution in [0.3, 0.4) is 0 Å². The van der Waals surface area contributed by atoms with Crippen LogP contribution >= 0.6 is 18.1 Å². The second-order valence-electron chi connectivity index (χ2n) is 10.1. The number of methoxy groups -OCH3 is 1. The molecule has 0 bridgehead atoms. The van der Waals surface area contributed by atoms with Crippen LogP contribution in [0.2, 0.25) is 0 Å². The van der Waals surface area contributed by atoms with E-state index in [0.717, 1.165) is 0 Å². The molecule has 232 valence electrons. The van der Waals surface area contributed by atoms with Gasteiger partial charge in [-0.2, -0.15) is 9.97 Å². The van der Waals surface area contributed by atoms with Crippen LogP contribution in [0.5, 0.6) is 5.88 Å². The number of anilines is 1. The number of aliphatic hydroxyl groups excluding tert-OH is 1. The number of fused-ring (bicyclic) bond motifs is 1. The monoisotopic (exact) mass is 632 g/mol. The number of nitrogens with one attached hydrogen (secondary N) is 3. The zero-order chi connectivity index (χ0) is 31.0. The van der Waals surface area contributed by atoms with Gasteiger partial charge in [0.25, 0.3) is 5.91 Å². The average Bonchev–Trinajstić information content (AvgIpc) is 3.53. The molecule has 4 rings (SSSR count). The van der Waals surface area contributed by atoms with E-state index in [1.165, 1.54) is 31.9 Å². The first kappa shape index (κ1) is 31.9. The second kappa shape index (κ2) is 12.3. The minimum atomic E-state index is -4.04. The maximum Gasteiger partial charge on any atom is 0.327 e. The maximum atomic E-state index is 13.9. The molecule has 0 aliphatic carbocycles. The SMILES string of the molecule is COc1nc(N)nc2c1ncn2[C@@H]1O[C@H](COP(=O)(N[C@@H](C)C(=O)OC(C)C)SCC2NC(=O)NC2=O)[C@@H](O)[C@@]1(C)O. The summed E-state index contributed by atoms with van der Waals surface area (Å²) in [5.41, 5.74) is 4.26. The lowest BCUT2D eigenvalue weighted by Gasteiger charge is -2.27. The topological polar surface area (TPSA) is 251 Å². The molecule has 2 aromatic heterocycles. The molecule has 2 aliphatic heterocycles. The van der Waals surface area contributed by atoms with Gasteiger partial charge in [-0.15, -0.1) is 0 Å². The number of imidazole rings is 1. The smallest absolute Gasteiger partial charge is 0.327 e. The highest BCUT2D eigenvalue weighted by molar-refractivity contribution is 8.56. The van der Waals surface area contributed by atoms with Crippen LogP contribution in [-0.2, 0) is 28.2 Å². The third-order valence-corrected chi connectivity index (χ3v) is 10.5. The van der Waals surface area contributed by atoms with Gasteiger partial charge in [0, 0.05) is 5.75 Å². The molecule has 2 aliphatic rings. The number of nitrogens with zero attached hydrogens (tertiary/aromatic N) is 4. The number of esters is 1. The van der Waals surface area contributed by atoms with Crippen LogP contribution in [0.15, 0.2) is 6.33 Å². The number of hydrogen-bond donors (Lipinski definition) is 6. The van der Waals surface area contributed by atoms with Gasteiger partial charge in [0.15, 0.2) is 17.4 Å². The lowest BCUT2D eigenvalue weighted by atomic mass is 9.96. The third-order valence-electron chi connectivity index (χ3n) is 6.34. The molecule has 0 spiro atoms. The highest BCUT2D eigenvalue weighted by Gasteiger charge is 2.54. The predicted molar refractivity (Wildman–Crippen MR) is 147 cm³/mol. The van der Waals surface area contributed by atoms with Crippen molar-refractivity contribution in [3.05, 3.63) is 6.33 Å². The summed E-state index contributed by atoms with van der Waals surface area (Å²) < 4.78 is 37.2. The number of hydrogen-bond acceptors (Lipinski definition) is 15. The summed E-state index contributed by atoms with van der Waals surface area (Å²) >= 11 is 0.661. The van der Waals surface area contributed by atoms with E-state index in [0.29, 0.717) is 11.4 Å². The van der Waals surface area contributed by atoms with Gasteiger partial charge >= 0.3 is 18.7 Å². The van der Waals surface area contributed by atoms with Crippen LogP contribution in [0.1, 0.15) is 33.9 Å². The third kappa shape index (κ3) is 6.61. The molecule has 7 N–H and O–H groups in total. The van der Waals surface area contributed by atoms with E-state index in [1.807, 2.05) is 0 Å². The Hall–Kier alpha value is -3.06. The van der Waals surface area contributed by atoms with Crippen molar-refractivity contribution in [3.63, 3.8) is 0 Å². The fraction of sp³-hybridized carbons (Fsp3) is 0.636. The van der Waals surface area contributed by atoms with Crippen LogP contribution in [0.25, 0.3) is 11.2 Å². The number of carbonyl (C=O) groups excluding carboxylic acids is 3. The number of aromatic nitrogens is 4. The number of nitrogens with two attached hydrogens (primary N) is 1. The van der Waals surface area contributed by atoms with Gasteiger partial charge in [-0.1, -0.05) is 11.4 Å². The van der Waals surface area contributed by atoms with Gasteiger partial charge in [0.1, 0.15) is 29.9 Å². The number of amides is 3. The van der Waals surface area contributed by atoms with E-state index < -0.39 is 73.5 Å². The molecule has 42 heavy (non-hydrogen) atoms. The number of imide groups is 1. The summed E-state index contributed by atoms with van der Waals surface area (Å²) in [7, 11) is 1.38. The summed E-state index contributed by atoms with van der Waals surface area (Å²) in [6.45, 7) is 1.48. The van der Waals surface area contributed by atoms with Crippen molar-refractivity contribution < 1.29 is 47.9 Å². The average molecular weight is 633 g/mol. The first-order valence-corrected chi connectivity index (χ1v) is 16.0. The van der Waals surface area contributed by atoms with Crippen LogP contribution in [0.4, 0.5) is 10.7 Å². The number of rotatable bonds is 12. The van der Waals surface area contributed by atoms with Crippen molar-refractivity contribution in [1.82, 2.24) is 35.2 Å². The molecule has 0 aromatic carbocycles. The molecular weight excluding hydrogens is 599 g/mol. The molecule has 0 radical (unpaired) electrons. The lowest BCUT2D eigenvalue weighted by molar-refractivity contribution is -0.149. The van der Waals surface area contributed by atoms with Gasteiger partial charge in [0.2, 0.25) is 11.8 Å². The molecular formula is C22H33N8O10PS. The van der Waals surface area contributed by atoms with Gasteiger partial charge in [-0.05, 0) is 27.7 Å². The Morgan fingerprint density at radius 1 is 1.36 bits per heavy atom. The first-order chi connectivity index (χ1) is 19.6. The maximum absolute atomic E-state index is 13.9. The van der Waals surface area contributed by atoms with Gasteiger partial charge < -0.3 is 40.0 Å². The standard InChI is InChI=1S/C22H33N8O10PS/c1-9(2)39-18(33)10(3)29-41(36,42-7-11-16(32)27-21(34)25-11)38-6-12-14(31)22(4,35)19(40-12)30-8-24-13-15(30)26-20(23)28-17(13)37-5/h8-12,14,19,31,35H,6-7H2,1-5H3,(H,29,36)(H2,23,26,28)(H2,25,27,32,34)/t10-,11?,12+,14+,19+,22+,41?/m0/s1. The first-order valence-electron chi connectivity index (χ1n) is 12.7. The summed E-state index contributed by atoms with van der Waals surface area (Å²) in [5.74, 6) is -1.53. The lowest BCUT2D eigenvalue weighted by Crippen LogP contribution is -2.44. The van der Waals surface area contributed by atoms with Crippen molar-refractivity contribution in [2.75, 3.05) is 25.2 Å². The predicted octanol–water partition coefficient (Wildman–Crippen LogP) is -0.578. The van der Waals surface area contributed by atoms with Crippen LogP contribution in [0, 0.1) is 0 Å². The zero-order valence-electron chi connectivity index (χ0n) is 23.3. The number of ether oxygens (including phenoxy) is 3. The van der Waals surface area contributed by atoms with E-state index in [2.05, 4.69) is 30.7 Å². The Kier molecular flexibility index (Phi) is 9.31. The molecule has 0 saturated carbocycles. The summed E-state index contributed by atoms with van der Waals surface area (Å²) in [5, 5.41) is 29.3. The Labute approximate surface area is 243 Å². The molecule has 18 nitrogen and oxygen atoms in total. The number of carbonyl (C=O) groups is 3. The molecule has 4 heterocycles. The number of aliphatic hydroxyl groups is 2. The Morgan fingerprint density at radius 2 is 2.07 bits per heavy atom. The zero-order valence-corrected chi connectivity index (χ0v) is 25.0. The van der Waals surface area contributed by atoms with E-state index in [-0.39, 0.29) is 28.7 Å². The van der Waals surface area contributed by atoms with Gasteiger partial charge in [0.05, 0.1) is 26.1 Å². The molecule has 2 unspecified atom stereocenters. The molecule has 7 atom stereocenters. The van der Waals surface area contributed by atoms with Crippen molar-refractivity contribution in [3.8, 4) is 5.88 Å². The quantitative estimate of drug-likeness (QED) is 0.0972. The van der Waals surface area contributed by atoms with Gasteiger partial charge in [-0.25, -0.2) is 14.9 Å². The van der Waals surface area contributed by atoms with Crippen LogP contribution < -0.4 is 26.2 Å². The molecule has 3 amide bonds. The number of urea groups is 1. The highest BCUT2D eigenvalue weighted by Crippen LogP contribution is 2.57. The highest BCUT2D eigenvalue weighted by atomic mass is 32.7. The van der Waals surface area contributed by atoms with E-state index >= 15 is 0 Å². The van der Waals surface area contributed by atoms with Crippen molar-refractivity contribution >= 4 is 53.1 Å². The molecule has 20 heteroatoms. The minimum Gasteiger partial charge on any atom is -0.479 e. The molecule has 2 saturated heterocycles. The van der Waals surface area contributed by atoms with E-state index in [1.54, 1.807) is 13.8 Å². The van der Waals surface area contributed by atoms with E-state index in [9.17, 15) is 29.2 Å². The van der Waals surface area contributed by atoms with Crippen molar-refractivity contribution in [1.29, 1.82) is 0 Å².